The maximum absolute atomic E-state index is 8.54. The number of aliphatic hydroxyl groups excluding tert-OH is 1. The molecule has 0 aliphatic carbocycles. The van der Waals surface area contributed by atoms with Crippen molar-refractivity contribution in [2.45, 2.75) is 12.8 Å². The molecule has 1 aromatic heterocycles. The van der Waals surface area contributed by atoms with Gasteiger partial charge in [-0.3, -0.25) is 0 Å². The van der Waals surface area contributed by atoms with Crippen LogP contribution in [-0.2, 0) is 0 Å². The second-order valence-electron chi connectivity index (χ2n) is 2.83. The molecule has 0 atom stereocenters. The standard InChI is InChI=1S/C9H15N3O/c10-8-3-5-12-9(7-8)11-4-1-2-6-13/h3,5,7,13H,1-2,4,6H2,(H3,10,11,12). The largest absolute Gasteiger partial charge is 0.399 e. The number of hydrogen-bond donors (Lipinski definition) is 3. The Kier molecular flexibility index (Phi) is 4.05. The molecule has 0 aliphatic rings. The monoisotopic (exact) mass is 181 g/mol. The van der Waals surface area contributed by atoms with Crippen LogP contribution in [0.15, 0.2) is 18.3 Å². The summed E-state index contributed by atoms with van der Waals surface area (Å²) in [5, 5.41) is 11.7. The Morgan fingerprint density at radius 1 is 1.46 bits per heavy atom. The molecule has 0 fully saturated rings. The minimum Gasteiger partial charge on any atom is -0.399 e. The summed E-state index contributed by atoms with van der Waals surface area (Å²) in [7, 11) is 0. The molecule has 13 heavy (non-hydrogen) atoms. The van der Waals surface area contributed by atoms with Crippen LogP contribution in [0.1, 0.15) is 12.8 Å². The first-order valence-corrected chi connectivity index (χ1v) is 4.39. The molecule has 0 spiro atoms. The van der Waals surface area contributed by atoms with Crippen molar-refractivity contribution in [3.8, 4) is 0 Å². The van der Waals surface area contributed by atoms with Gasteiger partial charge in [0.1, 0.15) is 5.82 Å². The van der Waals surface area contributed by atoms with Crippen LogP contribution in [-0.4, -0.2) is 23.2 Å². The number of nitrogens with one attached hydrogen (secondary N) is 1. The Balaban J connectivity index is 2.28. The van der Waals surface area contributed by atoms with E-state index in [0.29, 0.717) is 5.69 Å². The zero-order chi connectivity index (χ0) is 9.52. The van der Waals surface area contributed by atoms with Gasteiger partial charge >= 0.3 is 0 Å². The average molecular weight is 181 g/mol. The number of rotatable bonds is 5. The Hall–Kier alpha value is -1.29. The van der Waals surface area contributed by atoms with Crippen molar-refractivity contribution in [1.29, 1.82) is 0 Å². The van der Waals surface area contributed by atoms with Crippen LogP contribution in [0, 0.1) is 0 Å². The second-order valence-corrected chi connectivity index (χ2v) is 2.83. The van der Waals surface area contributed by atoms with Gasteiger partial charge in [0, 0.05) is 31.1 Å². The summed E-state index contributed by atoms with van der Waals surface area (Å²) in [6.45, 7) is 1.06. The van der Waals surface area contributed by atoms with Gasteiger partial charge in [0.15, 0.2) is 0 Å². The van der Waals surface area contributed by atoms with Crippen LogP contribution in [0.5, 0.6) is 0 Å². The van der Waals surface area contributed by atoms with Gasteiger partial charge < -0.3 is 16.2 Å². The molecular formula is C9H15N3O. The maximum Gasteiger partial charge on any atom is 0.127 e. The molecule has 0 aromatic carbocycles. The highest BCUT2D eigenvalue weighted by Crippen LogP contribution is 2.07. The van der Waals surface area contributed by atoms with Crippen molar-refractivity contribution < 1.29 is 5.11 Å². The number of unbranched alkanes of at least 4 members (excludes halogenated alkanes) is 1. The molecule has 0 bridgehead atoms. The molecule has 4 nitrogen and oxygen atoms in total. The molecule has 0 aliphatic heterocycles. The van der Waals surface area contributed by atoms with Gasteiger partial charge in [0.2, 0.25) is 0 Å². The van der Waals surface area contributed by atoms with Crippen molar-refractivity contribution in [3.05, 3.63) is 18.3 Å². The molecule has 1 heterocycles. The van der Waals surface area contributed by atoms with E-state index in [-0.39, 0.29) is 6.61 Å². The third-order valence-corrected chi connectivity index (χ3v) is 1.68. The summed E-state index contributed by atoms with van der Waals surface area (Å²) >= 11 is 0. The quantitative estimate of drug-likeness (QED) is 0.589. The number of nitrogen functional groups attached to an aromatic ring is 1. The van der Waals surface area contributed by atoms with E-state index in [4.69, 9.17) is 10.8 Å². The Morgan fingerprint density at radius 2 is 2.31 bits per heavy atom. The fourth-order valence-electron chi connectivity index (χ4n) is 0.997. The predicted octanol–water partition coefficient (Wildman–Crippen LogP) is 0.848. The molecular weight excluding hydrogens is 166 g/mol. The summed E-state index contributed by atoms with van der Waals surface area (Å²) in [6, 6.07) is 3.54. The molecule has 1 aromatic rings. The van der Waals surface area contributed by atoms with Gasteiger partial charge in [-0.1, -0.05) is 0 Å². The summed E-state index contributed by atoms with van der Waals surface area (Å²) < 4.78 is 0. The fourth-order valence-corrected chi connectivity index (χ4v) is 0.997. The molecule has 72 valence electrons. The van der Waals surface area contributed by atoms with E-state index < -0.39 is 0 Å². The van der Waals surface area contributed by atoms with E-state index in [1.165, 1.54) is 0 Å². The minimum atomic E-state index is 0.242. The lowest BCUT2D eigenvalue weighted by molar-refractivity contribution is 0.286. The van der Waals surface area contributed by atoms with Crippen LogP contribution in [0.4, 0.5) is 11.5 Å². The molecule has 0 amide bonds. The van der Waals surface area contributed by atoms with Crippen molar-refractivity contribution in [3.63, 3.8) is 0 Å². The SMILES string of the molecule is Nc1ccnc(NCCCCO)c1. The van der Waals surface area contributed by atoms with Crippen LogP contribution in [0.2, 0.25) is 0 Å². The number of anilines is 2. The van der Waals surface area contributed by atoms with E-state index >= 15 is 0 Å². The highest BCUT2D eigenvalue weighted by atomic mass is 16.2. The van der Waals surface area contributed by atoms with E-state index in [1.54, 1.807) is 18.3 Å². The van der Waals surface area contributed by atoms with Crippen molar-refractivity contribution in [2.24, 2.45) is 0 Å². The van der Waals surface area contributed by atoms with Crippen LogP contribution < -0.4 is 11.1 Å². The summed E-state index contributed by atoms with van der Waals surface area (Å²) in [4.78, 5) is 4.08. The van der Waals surface area contributed by atoms with Crippen LogP contribution in [0.3, 0.4) is 0 Å². The normalized spacial score (nSPS) is 9.92. The van der Waals surface area contributed by atoms with Crippen molar-refractivity contribution in [2.75, 3.05) is 24.2 Å². The Bertz CT molecular complexity index is 252. The number of aromatic nitrogens is 1. The fraction of sp³-hybridized carbons (Fsp3) is 0.444. The van der Waals surface area contributed by atoms with Gasteiger partial charge in [0.25, 0.3) is 0 Å². The summed E-state index contributed by atoms with van der Waals surface area (Å²) in [5.41, 5.74) is 6.28. The molecule has 4 heteroatoms. The number of pyridine rings is 1. The third-order valence-electron chi connectivity index (χ3n) is 1.68. The van der Waals surface area contributed by atoms with Crippen LogP contribution >= 0.6 is 0 Å². The first-order valence-electron chi connectivity index (χ1n) is 4.39. The van der Waals surface area contributed by atoms with Crippen molar-refractivity contribution >= 4 is 11.5 Å². The molecule has 0 saturated carbocycles. The Labute approximate surface area is 77.8 Å². The van der Waals surface area contributed by atoms with E-state index in [2.05, 4.69) is 10.3 Å². The molecule has 1 rings (SSSR count). The topological polar surface area (TPSA) is 71.2 Å². The predicted molar refractivity (Wildman–Crippen MR) is 53.5 cm³/mol. The zero-order valence-electron chi connectivity index (χ0n) is 7.53. The lowest BCUT2D eigenvalue weighted by Gasteiger charge is -2.04. The highest BCUT2D eigenvalue weighted by molar-refractivity contribution is 5.48. The molecule has 0 unspecified atom stereocenters. The van der Waals surface area contributed by atoms with Gasteiger partial charge in [-0.15, -0.1) is 0 Å². The third kappa shape index (κ3) is 3.75. The number of nitrogens with zero attached hydrogens (tertiary/aromatic N) is 1. The summed E-state index contributed by atoms with van der Waals surface area (Å²) in [5.74, 6) is 0.790. The van der Waals surface area contributed by atoms with Gasteiger partial charge in [-0.25, -0.2) is 4.98 Å². The maximum atomic E-state index is 8.54. The molecule has 0 radical (unpaired) electrons. The number of hydrogen-bond acceptors (Lipinski definition) is 4. The lowest BCUT2D eigenvalue weighted by atomic mass is 10.3. The van der Waals surface area contributed by atoms with Gasteiger partial charge in [-0.2, -0.15) is 0 Å². The van der Waals surface area contributed by atoms with E-state index in [1.807, 2.05) is 0 Å². The van der Waals surface area contributed by atoms with Gasteiger partial charge in [0.05, 0.1) is 0 Å². The van der Waals surface area contributed by atoms with Crippen LogP contribution in [0.25, 0.3) is 0 Å². The lowest BCUT2D eigenvalue weighted by Crippen LogP contribution is -2.04. The number of aliphatic hydroxyl groups is 1. The van der Waals surface area contributed by atoms with Gasteiger partial charge in [-0.05, 0) is 18.9 Å². The van der Waals surface area contributed by atoms with E-state index in [0.717, 1.165) is 25.2 Å². The van der Waals surface area contributed by atoms with Crippen molar-refractivity contribution in [1.82, 2.24) is 4.98 Å². The minimum absolute atomic E-state index is 0.242. The second kappa shape index (κ2) is 5.37. The first-order chi connectivity index (χ1) is 6.33. The Morgan fingerprint density at radius 3 is 3.00 bits per heavy atom. The first kappa shape index (κ1) is 9.80. The summed E-state index contributed by atoms with van der Waals surface area (Å²) in [6.07, 6.45) is 3.42. The highest BCUT2D eigenvalue weighted by Gasteiger charge is 1.92. The van der Waals surface area contributed by atoms with E-state index in [9.17, 15) is 0 Å². The average Bonchev–Trinajstić information content (AvgIpc) is 2.13. The number of nitrogens with two attached hydrogens (primary N) is 1. The molecule has 0 saturated heterocycles. The zero-order valence-corrected chi connectivity index (χ0v) is 7.53. The molecule has 4 N–H and O–H groups in total. The smallest absolute Gasteiger partial charge is 0.127 e.